The van der Waals surface area contributed by atoms with Crippen LogP contribution in [-0.2, 0) is 0 Å². The minimum absolute atomic E-state index is 0.161. The Hall–Kier alpha value is -3.49. The minimum atomic E-state index is -0.501. The third kappa shape index (κ3) is 3.68. The first-order valence-electron chi connectivity index (χ1n) is 9.61. The van der Waals surface area contributed by atoms with Crippen molar-refractivity contribution >= 4 is 55.3 Å². The second kappa shape index (κ2) is 8.22. The number of carbonyl (C=O) groups excluding carboxylic acids is 1. The molecule has 2 heterocycles. The van der Waals surface area contributed by atoms with Crippen molar-refractivity contribution in [1.29, 1.82) is 0 Å². The van der Waals surface area contributed by atoms with Crippen LogP contribution in [0.25, 0.3) is 22.1 Å². The van der Waals surface area contributed by atoms with E-state index in [1.165, 1.54) is 11.3 Å². The molecular formula is C24H15BrN2O4S. The van der Waals surface area contributed by atoms with Crippen LogP contribution in [0.15, 0.2) is 76.0 Å². The maximum absolute atomic E-state index is 13.1. The molecule has 0 atom stereocenters. The third-order valence-corrected chi connectivity index (χ3v) is 6.39. The first-order chi connectivity index (χ1) is 15.5. The van der Waals surface area contributed by atoms with Crippen molar-refractivity contribution in [1.82, 2.24) is 9.38 Å². The van der Waals surface area contributed by atoms with Crippen molar-refractivity contribution < 1.29 is 14.3 Å². The summed E-state index contributed by atoms with van der Waals surface area (Å²) in [5, 5.41) is 0. The van der Waals surface area contributed by atoms with E-state index in [0.29, 0.717) is 32.1 Å². The molecule has 158 valence electrons. The van der Waals surface area contributed by atoms with Crippen molar-refractivity contribution in [2.24, 2.45) is 0 Å². The Balaban J connectivity index is 1.56. The van der Waals surface area contributed by atoms with Crippen molar-refractivity contribution in [3.63, 3.8) is 0 Å². The topological polar surface area (TPSA) is 69.9 Å². The van der Waals surface area contributed by atoms with E-state index >= 15 is 0 Å². The summed E-state index contributed by atoms with van der Waals surface area (Å²) in [4.78, 5) is 30.9. The second-order valence-corrected chi connectivity index (χ2v) is 8.86. The van der Waals surface area contributed by atoms with Gasteiger partial charge in [-0.1, -0.05) is 39.4 Å². The maximum atomic E-state index is 13.1. The highest BCUT2D eigenvalue weighted by molar-refractivity contribution is 9.10. The fourth-order valence-corrected chi connectivity index (χ4v) is 4.72. The van der Waals surface area contributed by atoms with Gasteiger partial charge in [0.25, 0.3) is 5.56 Å². The molecule has 0 fully saturated rings. The standard InChI is InChI=1S/C24H15BrN2O4S/c1-30-17-9-6-14(7-10-17)23(29)31-20-11-8-16(25)12-15(20)13-21-22(28)27-19-5-3-2-4-18(19)26-24(27)32-21/h2-13H,1H3/b21-13-. The number of thiazole rings is 1. The zero-order chi connectivity index (χ0) is 22.2. The Bertz CT molecular complexity index is 1590. The van der Waals surface area contributed by atoms with Crippen LogP contribution in [0.4, 0.5) is 0 Å². The quantitative estimate of drug-likeness (QED) is 0.266. The number of aromatic nitrogens is 2. The lowest BCUT2D eigenvalue weighted by atomic mass is 10.2. The molecular weight excluding hydrogens is 492 g/mol. The van der Waals surface area contributed by atoms with Crippen LogP contribution in [0.3, 0.4) is 0 Å². The molecule has 0 aliphatic rings. The lowest BCUT2D eigenvalue weighted by Crippen LogP contribution is -2.22. The van der Waals surface area contributed by atoms with Crippen LogP contribution in [0.1, 0.15) is 15.9 Å². The normalized spacial score (nSPS) is 11.9. The van der Waals surface area contributed by atoms with Gasteiger partial charge in [-0.25, -0.2) is 14.2 Å². The van der Waals surface area contributed by atoms with Crippen molar-refractivity contribution in [3.05, 3.63) is 97.2 Å². The Morgan fingerprint density at radius 3 is 2.66 bits per heavy atom. The van der Waals surface area contributed by atoms with Gasteiger partial charge >= 0.3 is 5.97 Å². The molecule has 0 saturated carbocycles. The van der Waals surface area contributed by atoms with Gasteiger partial charge in [0.1, 0.15) is 11.5 Å². The number of benzene rings is 3. The van der Waals surface area contributed by atoms with Gasteiger partial charge in [0.05, 0.1) is 28.2 Å². The van der Waals surface area contributed by atoms with E-state index < -0.39 is 5.97 Å². The summed E-state index contributed by atoms with van der Waals surface area (Å²) in [5.74, 6) is 0.501. The molecule has 5 aromatic rings. The number of imidazole rings is 1. The SMILES string of the molecule is COc1ccc(C(=O)Oc2ccc(Br)cc2/C=c2\sc3nc4ccccc4n3c2=O)cc1. The van der Waals surface area contributed by atoms with Gasteiger partial charge < -0.3 is 9.47 Å². The second-order valence-electron chi connectivity index (χ2n) is 6.93. The summed E-state index contributed by atoms with van der Waals surface area (Å²) in [6.45, 7) is 0. The smallest absolute Gasteiger partial charge is 0.343 e. The molecule has 0 N–H and O–H groups in total. The molecule has 0 spiro atoms. The van der Waals surface area contributed by atoms with E-state index in [9.17, 15) is 9.59 Å². The number of nitrogens with zero attached hydrogens (tertiary/aromatic N) is 2. The number of hydrogen-bond donors (Lipinski definition) is 0. The van der Waals surface area contributed by atoms with Crippen LogP contribution >= 0.6 is 27.3 Å². The van der Waals surface area contributed by atoms with E-state index in [1.807, 2.05) is 24.3 Å². The summed E-state index contributed by atoms with van der Waals surface area (Å²) in [6.07, 6.45) is 1.72. The number of fused-ring (bicyclic) bond motifs is 3. The number of methoxy groups -OCH3 is 1. The van der Waals surface area contributed by atoms with Crippen molar-refractivity contribution in [2.75, 3.05) is 7.11 Å². The number of ether oxygens (including phenoxy) is 2. The van der Waals surface area contributed by atoms with Gasteiger partial charge in [-0.3, -0.25) is 4.79 Å². The summed E-state index contributed by atoms with van der Waals surface area (Å²) in [5.41, 5.74) is 2.38. The van der Waals surface area contributed by atoms with Gasteiger partial charge in [-0.2, -0.15) is 0 Å². The molecule has 0 aliphatic heterocycles. The molecule has 0 bridgehead atoms. The molecule has 0 amide bonds. The predicted octanol–water partition coefficient (Wildman–Crippen LogP) is 4.45. The number of hydrogen-bond acceptors (Lipinski definition) is 6. The Morgan fingerprint density at radius 1 is 1.09 bits per heavy atom. The summed E-state index contributed by atoms with van der Waals surface area (Å²) < 4.78 is 13.7. The van der Waals surface area contributed by atoms with E-state index in [2.05, 4.69) is 20.9 Å². The number of halogens is 1. The Morgan fingerprint density at radius 2 is 1.88 bits per heavy atom. The molecule has 2 aromatic heterocycles. The highest BCUT2D eigenvalue weighted by atomic mass is 79.9. The van der Waals surface area contributed by atoms with Crippen molar-refractivity contribution in [2.45, 2.75) is 0 Å². The van der Waals surface area contributed by atoms with Gasteiger partial charge in [0, 0.05) is 10.0 Å². The zero-order valence-electron chi connectivity index (χ0n) is 16.7. The Kier molecular flexibility index (Phi) is 5.24. The first kappa shape index (κ1) is 20.4. The third-order valence-electron chi connectivity index (χ3n) is 4.93. The lowest BCUT2D eigenvalue weighted by molar-refractivity contribution is 0.0734. The molecule has 0 radical (unpaired) electrons. The first-order valence-corrected chi connectivity index (χ1v) is 11.2. The number of para-hydroxylation sites is 2. The number of esters is 1. The summed E-state index contributed by atoms with van der Waals surface area (Å²) in [7, 11) is 1.56. The molecule has 0 unspecified atom stereocenters. The molecule has 3 aromatic carbocycles. The number of carbonyl (C=O) groups is 1. The zero-order valence-corrected chi connectivity index (χ0v) is 19.1. The number of rotatable bonds is 4. The summed E-state index contributed by atoms with van der Waals surface area (Å²) in [6, 6.07) is 19.5. The summed E-state index contributed by atoms with van der Waals surface area (Å²) >= 11 is 4.74. The lowest BCUT2D eigenvalue weighted by Gasteiger charge is -2.08. The van der Waals surface area contributed by atoms with E-state index in [4.69, 9.17) is 9.47 Å². The maximum Gasteiger partial charge on any atom is 0.343 e. The van der Waals surface area contributed by atoms with Crippen LogP contribution in [0.2, 0.25) is 0 Å². The van der Waals surface area contributed by atoms with E-state index in [0.717, 1.165) is 15.5 Å². The molecule has 5 rings (SSSR count). The average molecular weight is 507 g/mol. The largest absolute Gasteiger partial charge is 0.497 e. The van der Waals surface area contributed by atoms with Crippen LogP contribution < -0.4 is 19.6 Å². The van der Waals surface area contributed by atoms with Crippen molar-refractivity contribution in [3.8, 4) is 11.5 Å². The highest BCUT2D eigenvalue weighted by Crippen LogP contribution is 2.25. The molecule has 0 aliphatic carbocycles. The molecule has 6 nitrogen and oxygen atoms in total. The van der Waals surface area contributed by atoms with Crippen LogP contribution in [-0.4, -0.2) is 22.5 Å². The van der Waals surface area contributed by atoms with Crippen LogP contribution in [0.5, 0.6) is 11.5 Å². The highest BCUT2D eigenvalue weighted by Gasteiger charge is 2.14. The van der Waals surface area contributed by atoms with Gasteiger partial charge in [-0.15, -0.1) is 0 Å². The van der Waals surface area contributed by atoms with Gasteiger partial charge in [0.2, 0.25) is 0 Å². The fraction of sp³-hybridized carbons (Fsp3) is 0.0417. The van der Waals surface area contributed by atoms with Crippen LogP contribution in [0, 0.1) is 0 Å². The predicted molar refractivity (Wildman–Crippen MR) is 128 cm³/mol. The van der Waals surface area contributed by atoms with E-state index in [1.54, 1.807) is 60.1 Å². The fourth-order valence-electron chi connectivity index (χ4n) is 3.36. The molecule has 8 heteroatoms. The average Bonchev–Trinajstić information content (AvgIpc) is 3.31. The van der Waals surface area contributed by atoms with Gasteiger partial charge in [-0.05, 0) is 60.7 Å². The molecule has 32 heavy (non-hydrogen) atoms. The van der Waals surface area contributed by atoms with E-state index in [-0.39, 0.29) is 5.56 Å². The van der Waals surface area contributed by atoms with Gasteiger partial charge in [0.15, 0.2) is 4.96 Å². The Labute approximate surface area is 194 Å². The monoisotopic (exact) mass is 506 g/mol. The minimum Gasteiger partial charge on any atom is -0.497 e. The molecule has 0 saturated heterocycles.